The first-order valence-electron chi connectivity index (χ1n) is 5.53. The molecule has 17 heavy (non-hydrogen) atoms. The smallest absolute Gasteiger partial charge is 0.385 e. The third kappa shape index (κ3) is 2.61. The average molecular weight is 245 g/mol. The van der Waals surface area contributed by atoms with Gasteiger partial charge in [-0.15, -0.1) is 0 Å². The van der Waals surface area contributed by atoms with E-state index in [9.17, 15) is 18.3 Å². The fourth-order valence-corrected chi connectivity index (χ4v) is 2.10. The molecule has 2 nitrogen and oxygen atoms in total. The lowest BCUT2D eigenvalue weighted by atomic mass is 9.85. The normalized spacial score (nSPS) is 20.2. The fraction of sp³-hybridized carbons (Fsp3) is 0.500. The van der Waals surface area contributed by atoms with E-state index < -0.39 is 17.3 Å². The first-order valence-corrected chi connectivity index (χ1v) is 5.53. The van der Waals surface area contributed by atoms with Crippen LogP contribution >= 0.6 is 0 Å². The molecule has 2 N–H and O–H groups in total. The van der Waals surface area contributed by atoms with Gasteiger partial charge in [0.15, 0.2) is 0 Å². The van der Waals surface area contributed by atoms with E-state index in [4.69, 9.17) is 0 Å². The van der Waals surface area contributed by atoms with Gasteiger partial charge in [0, 0.05) is 0 Å². The molecular formula is C12H14F3NO. The number of rotatable bonds is 1. The van der Waals surface area contributed by atoms with Gasteiger partial charge in [-0.1, -0.05) is 12.1 Å². The van der Waals surface area contributed by atoms with Crippen LogP contribution in [0.1, 0.15) is 24.0 Å². The number of aliphatic hydroxyl groups is 1. The number of halogens is 3. The molecule has 94 valence electrons. The minimum atomic E-state index is -4.32. The molecule has 5 heteroatoms. The van der Waals surface area contributed by atoms with E-state index >= 15 is 0 Å². The summed E-state index contributed by atoms with van der Waals surface area (Å²) in [5.74, 6) is 0. The van der Waals surface area contributed by atoms with Gasteiger partial charge in [0.25, 0.3) is 0 Å². The quantitative estimate of drug-likeness (QED) is 0.795. The van der Waals surface area contributed by atoms with Crippen molar-refractivity contribution in [3.8, 4) is 0 Å². The Morgan fingerprint density at radius 3 is 2.06 bits per heavy atom. The lowest BCUT2D eigenvalue weighted by molar-refractivity contribution is -0.137. The van der Waals surface area contributed by atoms with Gasteiger partial charge in [-0.2, -0.15) is 13.2 Å². The van der Waals surface area contributed by atoms with Crippen LogP contribution in [-0.4, -0.2) is 18.2 Å². The molecule has 1 fully saturated rings. The summed E-state index contributed by atoms with van der Waals surface area (Å²) in [6.45, 7) is 1.36. The van der Waals surface area contributed by atoms with E-state index in [1.54, 1.807) is 0 Å². The minimum Gasteiger partial charge on any atom is -0.385 e. The Kier molecular flexibility index (Phi) is 3.14. The largest absolute Gasteiger partial charge is 0.416 e. The summed E-state index contributed by atoms with van der Waals surface area (Å²) in [6, 6.07) is 4.78. The van der Waals surface area contributed by atoms with Crippen molar-refractivity contribution in [1.82, 2.24) is 5.32 Å². The topological polar surface area (TPSA) is 32.3 Å². The van der Waals surface area contributed by atoms with Crippen molar-refractivity contribution in [2.45, 2.75) is 24.6 Å². The minimum absolute atomic E-state index is 0.526. The van der Waals surface area contributed by atoms with Crippen molar-refractivity contribution in [2.24, 2.45) is 0 Å². The summed E-state index contributed by atoms with van der Waals surface area (Å²) in [6.07, 6.45) is -3.27. The van der Waals surface area contributed by atoms with Crippen molar-refractivity contribution in [1.29, 1.82) is 0 Å². The molecule has 1 aliphatic heterocycles. The summed E-state index contributed by atoms with van der Waals surface area (Å²) in [5, 5.41) is 13.4. The van der Waals surface area contributed by atoms with E-state index in [2.05, 4.69) is 5.32 Å². The number of nitrogens with one attached hydrogen (secondary N) is 1. The van der Waals surface area contributed by atoms with Crippen molar-refractivity contribution >= 4 is 0 Å². The van der Waals surface area contributed by atoms with E-state index in [0.717, 1.165) is 12.1 Å². The van der Waals surface area contributed by atoms with Crippen LogP contribution in [0, 0.1) is 0 Å². The lowest BCUT2D eigenvalue weighted by Crippen LogP contribution is -2.39. The number of piperidine rings is 1. The summed E-state index contributed by atoms with van der Waals surface area (Å²) in [4.78, 5) is 0. The first-order chi connectivity index (χ1) is 7.92. The van der Waals surface area contributed by atoms with Gasteiger partial charge in [0.2, 0.25) is 0 Å². The van der Waals surface area contributed by atoms with Crippen molar-refractivity contribution in [3.05, 3.63) is 35.4 Å². The van der Waals surface area contributed by atoms with Gasteiger partial charge >= 0.3 is 6.18 Å². The highest BCUT2D eigenvalue weighted by Gasteiger charge is 2.33. The van der Waals surface area contributed by atoms with Crippen LogP contribution in [0.25, 0.3) is 0 Å². The van der Waals surface area contributed by atoms with Crippen LogP contribution in [0.3, 0.4) is 0 Å². The Labute approximate surface area is 97.5 Å². The van der Waals surface area contributed by atoms with Crippen LogP contribution < -0.4 is 5.32 Å². The predicted molar refractivity (Wildman–Crippen MR) is 57.4 cm³/mol. The molecule has 0 atom stereocenters. The molecule has 0 radical (unpaired) electrons. The Morgan fingerprint density at radius 2 is 1.59 bits per heavy atom. The third-order valence-corrected chi connectivity index (χ3v) is 3.18. The molecule has 0 spiro atoms. The van der Waals surface area contributed by atoms with Gasteiger partial charge in [0.05, 0.1) is 11.2 Å². The second-order valence-electron chi connectivity index (χ2n) is 4.36. The maximum atomic E-state index is 12.4. The Balaban J connectivity index is 2.23. The molecule has 1 aliphatic rings. The molecule has 0 aromatic heterocycles. The first kappa shape index (κ1) is 12.4. The third-order valence-electron chi connectivity index (χ3n) is 3.18. The Bertz CT molecular complexity index is 380. The van der Waals surface area contributed by atoms with Crippen molar-refractivity contribution in [2.75, 3.05) is 13.1 Å². The number of hydrogen-bond acceptors (Lipinski definition) is 2. The van der Waals surface area contributed by atoms with Crippen LogP contribution in [0.4, 0.5) is 13.2 Å². The maximum Gasteiger partial charge on any atom is 0.416 e. The highest BCUT2D eigenvalue weighted by molar-refractivity contribution is 5.29. The lowest BCUT2D eigenvalue weighted by Gasteiger charge is -2.33. The molecule has 0 amide bonds. The van der Waals surface area contributed by atoms with Gasteiger partial charge < -0.3 is 10.4 Å². The zero-order chi connectivity index (χ0) is 12.5. The Hall–Kier alpha value is -1.07. The van der Waals surface area contributed by atoms with E-state index in [0.29, 0.717) is 31.5 Å². The average Bonchev–Trinajstić information content (AvgIpc) is 2.29. The van der Waals surface area contributed by atoms with Crippen LogP contribution in [0.15, 0.2) is 24.3 Å². The highest BCUT2D eigenvalue weighted by Crippen LogP contribution is 2.34. The van der Waals surface area contributed by atoms with Crippen molar-refractivity contribution < 1.29 is 18.3 Å². The second kappa shape index (κ2) is 4.31. The molecular weight excluding hydrogens is 231 g/mol. The number of hydrogen-bond donors (Lipinski definition) is 2. The van der Waals surface area contributed by atoms with Crippen molar-refractivity contribution in [3.63, 3.8) is 0 Å². The molecule has 0 aliphatic carbocycles. The summed E-state index contributed by atoms with van der Waals surface area (Å²) >= 11 is 0. The monoisotopic (exact) mass is 245 g/mol. The van der Waals surface area contributed by atoms with Crippen LogP contribution in [0.2, 0.25) is 0 Å². The molecule has 0 bridgehead atoms. The van der Waals surface area contributed by atoms with Crippen LogP contribution in [0.5, 0.6) is 0 Å². The molecule has 1 aromatic carbocycles. The maximum absolute atomic E-state index is 12.4. The fourth-order valence-electron chi connectivity index (χ4n) is 2.10. The molecule has 1 saturated heterocycles. The molecule has 2 rings (SSSR count). The molecule has 0 unspecified atom stereocenters. The SMILES string of the molecule is OC1(c2ccc(C(F)(F)F)cc2)CCNCC1. The highest BCUT2D eigenvalue weighted by atomic mass is 19.4. The zero-order valence-electron chi connectivity index (χ0n) is 9.22. The zero-order valence-corrected chi connectivity index (χ0v) is 9.22. The molecule has 1 heterocycles. The van der Waals surface area contributed by atoms with Gasteiger partial charge in [0.1, 0.15) is 0 Å². The van der Waals surface area contributed by atoms with Gasteiger partial charge in [-0.05, 0) is 43.6 Å². The molecule has 0 saturated carbocycles. The van der Waals surface area contributed by atoms with E-state index in [-0.39, 0.29) is 0 Å². The molecule has 1 aromatic rings. The van der Waals surface area contributed by atoms with Crippen LogP contribution in [-0.2, 0) is 11.8 Å². The predicted octanol–water partition coefficient (Wildman–Crippen LogP) is 2.28. The second-order valence-corrected chi connectivity index (χ2v) is 4.36. The van der Waals surface area contributed by atoms with Gasteiger partial charge in [-0.3, -0.25) is 0 Å². The Morgan fingerprint density at radius 1 is 1.06 bits per heavy atom. The summed E-state index contributed by atoms with van der Waals surface area (Å²) < 4.78 is 37.2. The van der Waals surface area contributed by atoms with E-state index in [1.165, 1.54) is 12.1 Å². The number of alkyl halides is 3. The summed E-state index contributed by atoms with van der Waals surface area (Å²) in [5.41, 5.74) is -1.11. The standard InChI is InChI=1S/C12H14F3NO/c13-12(14,15)10-3-1-9(2-4-10)11(17)5-7-16-8-6-11/h1-4,16-17H,5-8H2. The summed E-state index contributed by atoms with van der Waals surface area (Å²) in [7, 11) is 0. The van der Waals surface area contributed by atoms with E-state index in [1.807, 2.05) is 0 Å². The van der Waals surface area contributed by atoms with Gasteiger partial charge in [-0.25, -0.2) is 0 Å². The number of benzene rings is 1.